The maximum absolute atomic E-state index is 11.2. The zero-order chi connectivity index (χ0) is 22.1. The maximum Gasteiger partial charge on any atom is 0.325 e. The van der Waals surface area contributed by atoms with Crippen LogP contribution in [0.15, 0.2) is 59.2 Å². The summed E-state index contributed by atoms with van der Waals surface area (Å²) in [5.41, 5.74) is 12.4. The van der Waals surface area contributed by atoms with Gasteiger partial charge in [0.2, 0.25) is 0 Å². The lowest BCUT2D eigenvalue weighted by molar-refractivity contribution is -0.138. The second-order valence-corrected chi connectivity index (χ2v) is 7.76. The number of carbonyl (C=O) groups is 1. The largest absolute Gasteiger partial charge is 0.480 e. The summed E-state index contributed by atoms with van der Waals surface area (Å²) >= 11 is 0. The summed E-state index contributed by atoms with van der Waals surface area (Å²) in [4.78, 5) is 15.9. The Balaban J connectivity index is 2.44. The zero-order valence-corrected chi connectivity index (χ0v) is 18.6. The van der Waals surface area contributed by atoms with E-state index in [1.54, 1.807) is 0 Å². The third kappa shape index (κ3) is 6.14. The van der Waals surface area contributed by atoms with E-state index in [0.717, 1.165) is 36.9 Å². The maximum atomic E-state index is 11.2. The lowest BCUT2D eigenvalue weighted by Crippen LogP contribution is -2.20. The number of hydrogen-bond donors (Lipinski definition) is 2. The molecule has 160 valence electrons. The lowest BCUT2D eigenvalue weighted by Gasteiger charge is -2.22. The molecule has 0 aliphatic carbocycles. The predicted molar refractivity (Wildman–Crippen MR) is 125 cm³/mol. The van der Waals surface area contributed by atoms with Crippen LogP contribution in [0.5, 0.6) is 0 Å². The number of aliphatic carboxylic acids is 1. The van der Waals surface area contributed by atoms with Crippen LogP contribution in [-0.2, 0) is 11.2 Å². The van der Waals surface area contributed by atoms with Gasteiger partial charge in [-0.2, -0.15) is 0 Å². The van der Waals surface area contributed by atoms with Crippen molar-refractivity contribution in [1.29, 1.82) is 0 Å². The summed E-state index contributed by atoms with van der Waals surface area (Å²) in [5.74, 6) is -0.883. The van der Waals surface area contributed by atoms with Crippen LogP contribution in [0.2, 0.25) is 0 Å². The fourth-order valence-electron chi connectivity index (χ4n) is 3.65. The molecule has 2 unspecified atom stereocenters. The number of aryl methyl sites for hydroxylation is 1. The van der Waals surface area contributed by atoms with Crippen molar-refractivity contribution in [3.8, 4) is 0 Å². The molecule has 0 saturated carbocycles. The van der Waals surface area contributed by atoms with Crippen molar-refractivity contribution in [2.24, 2.45) is 10.7 Å². The quantitative estimate of drug-likeness (QED) is 0.382. The van der Waals surface area contributed by atoms with E-state index in [9.17, 15) is 4.79 Å². The number of carboxylic acid groups (broad SMARTS) is 1. The molecule has 0 bridgehead atoms. The first-order valence-corrected chi connectivity index (χ1v) is 10.7. The SMILES string of the molecule is CC=N/C(=C\CCCC)C(Cc1ccc(C(N)C(=O)O)cc1)c1cccc(C)c1C. The number of rotatable bonds is 10. The molecule has 2 aromatic rings. The molecule has 0 amide bonds. The molecule has 0 aromatic heterocycles. The molecule has 2 atom stereocenters. The molecule has 30 heavy (non-hydrogen) atoms. The minimum Gasteiger partial charge on any atom is -0.480 e. The molecule has 0 aliphatic rings. The van der Waals surface area contributed by atoms with Gasteiger partial charge in [0.15, 0.2) is 0 Å². The Hall–Kier alpha value is -2.72. The number of benzene rings is 2. The highest BCUT2D eigenvalue weighted by Gasteiger charge is 2.20. The number of nitrogens with two attached hydrogens (primary N) is 1. The van der Waals surface area contributed by atoms with E-state index in [2.05, 4.69) is 45.0 Å². The highest BCUT2D eigenvalue weighted by Crippen LogP contribution is 2.33. The number of aliphatic imine (C=N–C) groups is 1. The van der Waals surface area contributed by atoms with E-state index >= 15 is 0 Å². The van der Waals surface area contributed by atoms with E-state index in [4.69, 9.17) is 15.8 Å². The normalized spacial score (nSPS) is 14.1. The molecule has 3 N–H and O–H groups in total. The van der Waals surface area contributed by atoms with Gasteiger partial charge in [-0.3, -0.25) is 9.79 Å². The molecule has 0 spiro atoms. The van der Waals surface area contributed by atoms with Gasteiger partial charge in [-0.05, 0) is 61.4 Å². The van der Waals surface area contributed by atoms with Gasteiger partial charge >= 0.3 is 5.97 Å². The van der Waals surface area contributed by atoms with Crippen molar-refractivity contribution < 1.29 is 9.90 Å². The van der Waals surface area contributed by atoms with Crippen LogP contribution in [0.4, 0.5) is 0 Å². The van der Waals surface area contributed by atoms with Gasteiger partial charge in [0.1, 0.15) is 6.04 Å². The van der Waals surface area contributed by atoms with E-state index in [-0.39, 0.29) is 5.92 Å². The minimum atomic E-state index is -1.02. The predicted octanol–water partition coefficient (Wildman–Crippen LogP) is 5.88. The summed E-state index contributed by atoms with van der Waals surface area (Å²) in [6, 6.07) is 13.0. The Labute approximate surface area is 180 Å². The fraction of sp³-hybridized carbons (Fsp3) is 0.385. The van der Waals surface area contributed by atoms with Crippen LogP contribution < -0.4 is 5.73 Å². The van der Waals surface area contributed by atoms with Gasteiger partial charge in [0.25, 0.3) is 0 Å². The molecule has 0 radical (unpaired) electrons. The van der Waals surface area contributed by atoms with Crippen molar-refractivity contribution >= 4 is 12.2 Å². The van der Waals surface area contributed by atoms with Crippen LogP contribution >= 0.6 is 0 Å². The first-order valence-electron chi connectivity index (χ1n) is 10.7. The zero-order valence-electron chi connectivity index (χ0n) is 18.6. The van der Waals surface area contributed by atoms with E-state index in [1.807, 2.05) is 37.4 Å². The molecular weight excluding hydrogens is 372 g/mol. The number of nitrogens with zero attached hydrogens (tertiary/aromatic N) is 1. The van der Waals surface area contributed by atoms with Crippen LogP contribution in [0, 0.1) is 13.8 Å². The van der Waals surface area contributed by atoms with Crippen molar-refractivity contribution in [1.82, 2.24) is 0 Å². The summed E-state index contributed by atoms with van der Waals surface area (Å²) < 4.78 is 0. The molecule has 0 heterocycles. The monoisotopic (exact) mass is 406 g/mol. The van der Waals surface area contributed by atoms with E-state index < -0.39 is 12.0 Å². The molecule has 4 heteroatoms. The number of unbranched alkanes of at least 4 members (excludes halogenated alkanes) is 2. The minimum absolute atomic E-state index is 0.136. The summed E-state index contributed by atoms with van der Waals surface area (Å²) in [6.07, 6.45) is 8.23. The first kappa shape index (κ1) is 23.6. The summed E-state index contributed by atoms with van der Waals surface area (Å²) in [5, 5.41) is 9.14. The average molecular weight is 407 g/mol. The number of allylic oxidation sites excluding steroid dienone is 2. The number of hydrogen-bond acceptors (Lipinski definition) is 3. The van der Waals surface area contributed by atoms with Gasteiger partial charge in [0.05, 0.1) is 0 Å². The molecule has 2 aromatic carbocycles. The molecule has 0 fully saturated rings. The van der Waals surface area contributed by atoms with Crippen LogP contribution in [0.3, 0.4) is 0 Å². The van der Waals surface area contributed by atoms with Crippen molar-refractivity contribution in [3.63, 3.8) is 0 Å². The standard InChI is InChI=1S/C26H34N2O2/c1-5-7-8-12-24(28-6-2)23(22-11-9-10-18(3)19(22)4)17-20-13-15-21(16-14-20)25(27)26(29)30/h6,9-16,23,25H,5,7-8,17,27H2,1-4H3,(H,29,30)/b24-12-,28-6?. The molecule has 0 aliphatic heterocycles. The summed E-state index contributed by atoms with van der Waals surface area (Å²) in [6.45, 7) is 8.46. The Morgan fingerprint density at radius 3 is 2.47 bits per heavy atom. The van der Waals surface area contributed by atoms with E-state index in [0.29, 0.717) is 5.56 Å². The second kappa shape index (κ2) is 11.5. The molecule has 2 rings (SSSR count). The van der Waals surface area contributed by atoms with Gasteiger partial charge in [-0.25, -0.2) is 0 Å². The van der Waals surface area contributed by atoms with E-state index in [1.165, 1.54) is 16.7 Å². The van der Waals surface area contributed by atoms with Crippen LogP contribution in [-0.4, -0.2) is 17.3 Å². The van der Waals surface area contributed by atoms with Crippen molar-refractivity contribution in [2.75, 3.05) is 0 Å². The second-order valence-electron chi connectivity index (χ2n) is 7.76. The van der Waals surface area contributed by atoms with Gasteiger partial charge in [-0.15, -0.1) is 0 Å². The number of carboxylic acids is 1. The summed E-state index contributed by atoms with van der Waals surface area (Å²) in [7, 11) is 0. The third-order valence-electron chi connectivity index (χ3n) is 5.61. The third-order valence-corrected chi connectivity index (χ3v) is 5.61. The molecule has 4 nitrogen and oxygen atoms in total. The Morgan fingerprint density at radius 2 is 1.87 bits per heavy atom. The highest BCUT2D eigenvalue weighted by molar-refractivity contribution is 5.75. The van der Waals surface area contributed by atoms with Crippen molar-refractivity contribution in [2.45, 2.75) is 65.3 Å². The Bertz CT molecular complexity index is 898. The average Bonchev–Trinajstić information content (AvgIpc) is 2.74. The van der Waals surface area contributed by atoms with Crippen LogP contribution in [0.25, 0.3) is 0 Å². The van der Waals surface area contributed by atoms with Gasteiger partial charge in [0, 0.05) is 17.8 Å². The highest BCUT2D eigenvalue weighted by atomic mass is 16.4. The van der Waals surface area contributed by atoms with Crippen molar-refractivity contribution in [3.05, 3.63) is 82.1 Å². The Kier molecular flexibility index (Phi) is 9.00. The fourth-order valence-corrected chi connectivity index (χ4v) is 3.65. The molecular formula is C26H34N2O2. The van der Waals surface area contributed by atoms with Crippen LogP contribution in [0.1, 0.15) is 72.9 Å². The molecule has 0 saturated heterocycles. The Morgan fingerprint density at radius 1 is 1.17 bits per heavy atom. The smallest absolute Gasteiger partial charge is 0.325 e. The topological polar surface area (TPSA) is 75.7 Å². The lowest BCUT2D eigenvalue weighted by atomic mass is 9.84. The van der Waals surface area contributed by atoms with Gasteiger partial charge < -0.3 is 10.8 Å². The first-order chi connectivity index (χ1) is 14.4. The van der Waals surface area contributed by atoms with Gasteiger partial charge in [-0.1, -0.05) is 68.3 Å².